The second-order valence-electron chi connectivity index (χ2n) is 6.41. The molecule has 0 spiro atoms. The number of methoxy groups -OCH3 is 2. The van der Waals surface area contributed by atoms with E-state index in [9.17, 15) is 13.6 Å². The van der Waals surface area contributed by atoms with Gasteiger partial charge in [0.05, 0.1) is 14.2 Å². The summed E-state index contributed by atoms with van der Waals surface area (Å²) in [4.78, 5) is 14.7. The SMILES string of the molecule is COc1cc(C(=O)N(Cc2ccc(F)cc2F)C2CC2)cc(OC)c1C. The van der Waals surface area contributed by atoms with Crippen LogP contribution in [0.15, 0.2) is 30.3 Å². The topological polar surface area (TPSA) is 38.8 Å². The van der Waals surface area contributed by atoms with Crippen molar-refractivity contribution in [3.8, 4) is 11.5 Å². The highest BCUT2D eigenvalue weighted by Crippen LogP contribution is 2.34. The number of halogens is 2. The van der Waals surface area contributed by atoms with Gasteiger partial charge in [0, 0.05) is 35.3 Å². The van der Waals surface area contributed by atoms with Gasteiger partial charge in [-0.2, -0.15) is 0 Å². The molecule has 2 aromatic carbocycles. The zero-order valence-electron chi connectivity index (χ0n) is 15.0. The minimum atomic E-state index is -0.650. The van der Waals surface area contributed by atoms with Crippen LogP contribution in [-0.2, 0) is 6.54 Å². The smallest absolute Gasteiger partial charge is 0.254 e. The Kier molecular flexibility index (Phi) is 5.11. The van der Waals surface area contributed by atoms with E-state index >= 15 is 0 Å². The molecule has 0 bridgehead atoms. The third-order valence-electron chi connectivity index (χ3n) is 4.60. The Balaban J connectivity index is 1.92. The summed E-state index contributed by atoms with van der Waals surface area (Å²) in [7, 11) is 3.06. The molecule has 3 rings (SSSR count). The van der Waals surface area contributed by atoms with Crippen molar-refractivity contribution in [1.82, 2.24) is 4.90 Å². The van der Waals surface area contributed by atoms with Crippen LogP contribution in [0.3, 0.4) is 0 Å². The summed E-state index contributed by atoms with van der Waals surface area (Å²) in [6.07, 6.45) is 1.74. The summed E-state index contributed by atoms with van der Waals surface area (Å²) >= 11 is 0. The third-order valence-corrected chi connectivity index (χ3v) is 4.60. The van der Waals surface area contributed by atoms with E-state index in [2.05, 4.69) is 0 Å². The maximum atomic E-state index is 14.0. The predicted molar refractivity (Wildman–Crippen MR) is 93.5 cm³/mol. The predicted octanol–water partition coefficient (Wildman–Crippen LogP) is 4.10. The first kappa shape index (κ1) is 18.2. The number of carbonyl (C=O) groups is 1. The van der Waals surface area contributed by atoms with Gasteiger partial charge in [0.2, 0.25) is 0 Å². The number of nitrogens with zero attached hydrogens (tertiary/aromatic N) is 1. The lowest BCUT2D eigenvalue weighted by Crippen LogP contribution is -2.33. The maximum absolute atomic E-state index is 14.0. The van der Waals surface area contributed by atoms with Gasteiger partial charge >= 0.3 is 0 Å². The molecule has 6 heteroatoms. The molecule has 0 radical (unpaired) electrons. The van der Waals surface area contributed by atoms with Gasteiger partial charge in [-0.05, 0) is 38.0 Å². The number of rotatable bonds is 6. The van der Waals surface area contributed by atoms with Crippen molar-refractivity contribution in [2.75, 3.05) is 14.2 Å². The van der Waals surface area contributed by atoms with Crippen LogP contribution in [0.4, 0.5) is 8.78 Å². The lowest BCUT2D eigenvalue weighted by molar-refractivity contribution is 0.0727. The highest BCUT2D eigenvalue weighted by atomic mass is 19.1. The number of ether oxygens (including phenoxy) is 2. The fourth-order valence-corrected chi connectivity index (χ4v) is 2.96. The molecule has 138 valence electrons. The van der Waals surface area contributed by atoms with Crippen molar-refractivity contribution in [1.29, 1.82) is 0 Å². The van der Waals surface area contributed by atoms with Crippen molar-refractivity contribution >= 4 is 5.91 Å². The fourth-order valence-electron chi connectivity index (χ4n) is 2.96. The van der Waals surface area contributed by atoms with E-state index in [0.717, 1.165) is 24.5 Å². The zero-order chi connectivity index (χ0) is 18.8. The fraction of sp³-hybridized carbons (Fsp3) is 0.350. The van der Waals surface area contributed by atoms with E-state index in [1.54, 1.807) is 17.0 Å². The Morgan fingerprint density at radius 1 is 1.12 bits per heavy atom. The first-order chi connectivity index (χ1) is 12.4. The van der Waals surface area contributed by atoms with Crippen molar-refractivity contribution < 1.29 is 23.0 Å². The molecule has 1 aliphatic carbocycles. The largest absolute Gasteiger partial charge is 0.496 e. The lowest BCUT2D eigenvalue weighted by Gasteiger charge is -2.24. The molecule has 4 nitrogen and oxygen atoms in total. The molecule has 26 heavy (non-hydrogen) atoms. The van der Waals surface area contributed by atoms with Crippen LogP contribution in [0.25, 0.3) is 0 Å². The highest BCUT2D eigenvalue weighted by Gasteiger charge is 2.34. The van der Waals surface area contributed by atoms with Gasteiger partial charge < -0.3 is 14.4 Å². The Morgan fingerprint density at radius 2 is 1.73 bits per heavy atom. The summed E-state index contributed by atoms with van der Waals surface area (Å²) in [6.45, 7) is 1.94. The van der Waals surface area contributed by atoms with E-state index in [1.165, 1.54) is 26.4 Å². The Labute approximate surface area is 151 Å². The van der Waals surface area contributed by atoms with E-state index in [-0.39, 0.29) is 24.1 Å². The van der Waals surface area contributed by atoms with Gasteiger partial charge in [-0.25, -0.2) is 8.78 Å². The average Bonchev–Trinajstić information content (AvgIpc) is 3.45. The molecule has 1 fully saturated rings. The second kappa shape index (κ2) is 7.32. The number of hydrogen-bond acceptors (Lipinski definition) is 3. The van der Waals surface area contributed by atoms with Gasteiger partial charge in [-0.15, -0.1) is 0 Å². The van der Waals surface area contributed by atoms with Crippen LogP contribution < -0.4 is 9.47 Å². The van der Waals surface area contributed by atoms with Gasteiger partial charge in [0.25, 0.3) is 5.91 Å². The minimum absolute atomic E-state index is 0.0604. The van der Waals surface area contributed by atoms with Crippen LogP contribution in [0.2, 0.25) is 0 Å². The molecule has 1 amide bonds. The molecular formula is C20H21F2NO3. The van der Waals surface area contributed by atoms with Crippen molar-refractivity contribution in [2.24, 2.45) is 0 Å². The van der Waals surface area contributed by atoms with Crippen LogP contribution in [0, 0.1) is 18.6 Å². The molecule has 0 heterocycles. The average molecular weight is 361 g/mol. The molecule has 0 saturated heterocycles. The Hall–Kier alpha value is -2.63. The molecule has 0 atom stereocenters. The molecule has 0 aliphatic heterocycles. The normalized spacial score (nSPS) is 13.4. The summed E-state index contributed by atoms with van der Waals surface area (Å²) in [5, 5.41) is 0. The van der Waals surface area contributed by atoms with Crippen LogP contribution >= 0.6 is 0 Å². The summed E-state index contributed by atoms with van der Waals surface area (Å²) in [5.41, 5.74) is 1.51. The van der Waals surface area contributed by atoms with E-state index in [1.807, 2.05) is 6.92 Å². The number of hydrogen-bond donors (Lipinski definition) is 0. The molecular weight excluding hydrogens is 340 g/mol. The standard InChI is InChI=1S/C20H21F2NO3/c1-12-18(25-2)8-14(9-19(12)26-3)20(24)23(16-6-7-16)11-13-4-5-15(21)10-17(13)22/h4-5,8-10,16H,6-7,11H2,1-3H3. The quantitative estimate of drug-likeness (QED) is 0.778. The first-order valence-electron chi connectivity index (χ1n) is 8.42. The summed E-state index contributed by atoms with van der Waals surface area (Å²) in [5.74, 6) is -0.410. The molecule has 0 N–H and O–H groups in total. The monoisotopic (exact) mass is 361 g/mol. The van der Waals surface area contributed by atoms with Crippen molar-refractivity contribution in [3.05, 3.63) is 58.7 Å². The van der Waals surface area contributed by atoms with E-state index < -0.39 is 11.6 Å². The van der Waals surface area contributed by atoms with Gasteiger partial charge in [-0.1, -0.05) is 6.07 Å². The zero-order valence-corrected chi connectivity index (χ0v) is 15.0. The third kappa shape index (κ3) is 3.64. The lowest BCUT2D eigenvalue weighted by atomic mass is 10.1. The second-order valence-corrected chi connectivity index (χ2v) is 6.41. The van der Waals surface area contributed by atoms with Gasteiger partial charge in [0.15, 0.2) is 0 Å². The van der Waals surface area contributed by atoms with Crippen molar-refractivity contribution in [3.63, 3.8) is 0 Å². The Morgan fingerprint density at radius 3 is 2.23 bits per heavy atom. The molecule has 2 aromatic rings. The van der Waals surface area contributed by atoms with Crippen LogP contribution in [-0.4, -0.2) is 31.1 Å². The number of benzene rings is 2. The van der Waals surface area contributed by atoms with Crippen LogP contribution in [0.5, 0.6) is 11.5 Å². The van der Waals surface area contributed by atoms with Crippen LogP contribution in [0.1, 0.15) is 34.3 Å². The van der Waals surface area contributed by atoms with E-state index in [4.69, 9.17) is 9.47 Å². The molecule has 1 aliphatic rings. The summed E-state index contributed by atoms with van der Waals surface area (Å²) < 4.78 is 37.8. The number of carbonyl (C=O) groups excluding carboxylic acids is 1. The van der Waals surface area contributed by atoms with Crippen molar-refractivity contribution in [2.45, 2.75) is 32.4 Å². The molecule has 0 unspecified atom stereocenters. The Bertz CT molecular complexity index is 809. The molecule has 0 aromatic heterocycles. The number of amides is 1. The summed E-state index contributed by atoms with van der Waals surface area (Å²) in [6, 6.07) is 6.80. The minimum Gasteiger partial charge on any atom is -0.496 e. The first-order valence-corrected chi connectivity index (χ1v) is 8.42. The highest BCUT2D eigenvalue weighted by molar-refractivity contribution is 5.95. The van der Waals surface area contributed by atoms with E-state index in [0.29, 0.717) is 17.1 Å². The maximum Gasteiger partial charge on any atom is 0.254 e. The van der Waals surface area contributed by atoms with Gasteiger partial charge in [-0.3, -0.25) is 4.79 Å². The molecule has 1 saturated carbocycles. The van der Waals surface area contributed by atoms with Gasteiger partial charge in [0.1, 0.15) is 23.1 Å².